The lowest BCUT2D eigenvalue weighted by atomic mass is 9.96. The van der Waals surface area contributed by atoms with E-state index in [0.29, 0.717) is 0 Å². The first kappa shape index (κ1) is 18.4. The fourth-order valence-corrected chi connectivity index (χ4v) is 5.97. The Morgan fingerprint density at radius 1 is 0.583 bits per heavy atom. The molecule has 4 heterocycles. The van der Waals surface area contributed by atoms with Gasteiger partial charge in [-0.25, -0.2) is 9.97 Å². The first-order chi connectivity index (χ1) is 17.8. The summed E-state index contributed by atoms with van der Waals surface area (Å²) in [5.41, 5.74) is 10.2. The van der Waals surface area contributed by atoms with Crippen molar-refractivity contribution in [2.75, 3.05) is 0 Å². The van der Waals surface area contributed by atoms with Crippen LogP contribution in [0.2, 0.25) is 0 Å². The first-order valence-corrected chi connectivity index (χ1v) is 12.1. The molecule has 0 radical (unpaired) electrons. The van der Waals surface area contributed by atoms with Gasteiger partial charge in [0.15, 0.2) is 5.65 Å². The largest absolute Gasteiger partial charge is 0.456 e. The van der Waals surface area contributed by atoms with E-state index in [2.05, 4.69) is 71.1 Å². The quantitative estimate of drug-likeness (QED) is 0.248. The Kier molecular flexibility index (Phi) is 3.25. The van der Waals surface area contributed by atoms with Crippen LogP contribution in [0.5, 0.6) is 0 Å². The second kappa shape index (κ2) is 6.37. The molecule has 0 saturated heterocycles. The molecule has 166 valence electrons. The average Bonchev–Trinajstić information content (AvgIpc) is 3.58. The van der Waals surface area contributed by atoms with Crippen molar-refractivity contribution in [2.24, 2.45) is 0 Å². The molecule has 0 amide bonds. The fraction of sp³-hybridized carbons (Fsp3) is 0. The Hall–Kier alpha value is -4.96. The second-order valence-corrected chi connectivity index (χ2v) is 9.43. The van der Waals surface area contributed by atoms with Gasteiger partial charge in [0.25, 0.3) is 0 Å². The molecular formula is C32H17N3O. The third-order valence-electron chi connectivity index (χ3n) is 7.52. The summed E-state index contributed by atoms with van der Waals surface area (Å²) >= 11 is 0. The highest BCUT2D eigenvalue weighted by Gasteiger charge is 2.22. The SMILES string of the molecule is c1ccc2nc3c(nc2c1)c1ccc(-c2ccc4oc5ccccc5c4c2)c2c4ccccc4n3c12. The smallest absolute Gasteiger partial charge is 0.165 e. The van der Waals surface area contributed by atoms with Gasteiger partial charge in [0.05, 0.1) is 22.1 Å². The maximum Gasteiger partial charge on any atom is 0.165 e. The predicted molar refractivity (Wildman–Crippen MR) is 147 cm³/mol. The second-order valence-electron chi connectivity index (χ2n) is 9.43. The Morgan fingerprint density at radius 2 is 1.33 bits per heavy atom. The highest BCUT2D eigenvalue weighted by Crippen LogP contribution is 2.44. The molecule has 0 bridgehead atoms. The summed E-state index contributed by atoms with van der Waals surface area (Å²) in [4.78, 5) is 10.1. The Bertz CT molecular complexity index is 2320. The molecule has 4 heteroatoms. The first-order valence-electron chi connectivity index (χ1n) is 12.1. The van der Waals surface area contributed by atoms with Crippen LogP contribution < -0.4 is 0 Å². The number of furan rings is 1. The van der Waals surface area contributed by atoms with E-state index in [1.54, 1.807) is 0 Å². The normalized spacial score (nSPS) is 12.4. The van der Waals surface area contributed by atoms with Crippen LogP contribution in [-0.2, 0) is 0 Å². The van der Waals surface area contributed by atoms with Gasteiger partial charge < -0.3 is 4.42 Å². The van der Waals surface area contributed by atoms with Gasteiger partial charge in [0.1, 0.15) is 16.7 Å². The number of hydrogen-bond acceptors (Lipinski definition) is 3. The zero-order chi connectivity index (χ0) is 23.4. The lowest BCUT2D eigenvalue weighted by Crippen LogP contribution is -1.88. The topological polar surface area (TPSA) is 43.3 Å². The highest BCUT2D eigenvalue weighted by atomic mass is 16.3. The minimum absolute atomic E-state index is 0.906. The van der Waals surface area contributed by atoms with Crippen LogP contribution in [0, 0.1) is 0 Å². The number of hydrogen-bond donors (Lipinski definition) is 0. The molecule has 9 aromatic rings. The van der Waals surface area contributed by atoms with Crippen molar-refractivity contribution in [3.8, 4) is 11.1 Å². The van der Waals surface area contributed by atoms with E-state index in [1.807, 2.05) is 36.4 Å². The maximum absolute atomic E-state index is 6.09. The molecule has 0 atom stereocenters. The minimum Gasteiger partial charge on any atom is -0.456 e. The summed E-state index contributed by atoms with van der Waals surface area (Å²) in [7, 11) is 0. The van der Waals surface area contributed by atoms with E-state index in [4.69, 9.17) is 14.4 Å². The molecule has 0 saturated carbocycles. The lowest BCUT2D eigenvalue weighted by Gasteiger charge is -2.06. The predicted octanol–water partition coefficient (Wildman–Crippen LogP) is 8.35. The van der Waals surface area contributed by atoms with Crippen LogP contribution in [0.3, 0.4) is 0 Å². The molecular weight excluding hydrogens is 442 g/mol. The summed E-state index contributed by atoms with van der Waals surface area (Å²) in [5, 5.41) is 5.87. The molecule has 0 aliphatic heterocycles. The van der Waals surface area contributed by atoms with Gasteiger partial charge in [-0.05, 0) is 53.6 Å². The van der Waals surface area contributed by atoms with E-state index in [0.717, 1.165) is 55.0 Å². The summed E-state index contributed by atoms with van der Waals surface area (Å²) in [5.74, 6) is 0. The number of nitrogens with zero attached hydrogens (tertiary/aromatic N) is 3. The van der Waals surface area contributed by atoms with E-state index < -0.39 is 0 Å². The van der Waals surface area contributed by atoms with Crippen molar-refractivity contribution in [2.45, 2.75) is 0 Å². The fourth-order valence-electron chi connectivity index (χ4n) is 5.97. The number of aromatic nitrogens is 3. The molecule has 4 aromatic heterocycles. The molecule has 0 aliphatic carbocycles. The van der Waals surface area contributed by atoms with Gasteiger partial charge in [-0.1, -0.05) is 60.7 Å². The Labute approximate surface area is 204 Å². The number of benzene rings is 5. The van der Waals surface area contributed by atoms with Crippen molar-refractivity contribution >= 4 is 71.3 Å². The van der Waals surface area contributed by atoms with Crippen molar-refractivity contribution in [1.29, 1.82) is 0 Å². The molecule has 0 fully saturated rings. The van der Waals surface area contributed by atoms with Gasteiger partial charge in [-0.3, -0.25) is 4.40 Å². The van der Waals surface area contributed by atoms with Crippen molar-refractivity contribution in [1.82, 2.24) is 14.4 Å². The molecule has 4 nitrogen and oxygen atoms in total. The van der Waals surface area contributed by atoms with Gasteiger partial charge in [0, 0.05) is 26.9 Å². The molecule has 36 heavy (non-hydrogen) atoms. The van der Waals surface area contributed by atoms with Crippen LogP contribution >= 0.6 is 0 Å². The van der Waals surface area contributed by atoms with E-state index in [1.165, 1.54) is 27.4 Å². The summed E-state index contributed by atoms with van der Waals surface area (Å²) in [6.45, 7) is 0. The van der Waals surface area contributed by atoms with E-state index in [9.17, 15) is 0 Å². The third-order valence-corrected chi connectivity index (χ3v) is 7.52. The summed E-state index contributed by atoms with van der Waals surface area (Å²) < 4.78 is 8.39. The monoisotopic (exact) mass is 459 g/mol. The standard InChI is InChI=1S/C32H17N3O/c1-5-11-26-21(8-1)29-19(18-13-16-28-23(17-18)20-7-2-6-12-27(20)36-28)14-15-22-30-32(35(26)31(22)29)34-25-10-4-3-9-24(25)33-30/h1-17H. The minimum atomic E-state index is 0.906. The molecule has 0 aliphatic rings. The van der Waals surface area contributed by atoms with Crippen LogP contribution in [-0.4, -0.2) is 14.4 Å². The van der Waals surface area contributed by atoms with Crippen LogP contribution in [0.4, 0.5) is 0 Å². The van der Waals surface area contributed by atoms with Crippen molar-refractivity contribution in [3.63, 3.8) is 0 Å². The average molecular weight is 460 g/mol. The van der Waals surface area contributed by atoms with Crippen LogP contribution in [0.15, 0.2) is 108 Å². The van der Waals surface area contributed by atoms with Crippen molar-refractivity contribution < 1.29 is 4.42 Å². The number of fused-ring (bicyclic) bond motifs is 10. The zero-order valence-corrected chi connectivity index (χ0v) is 19.1. The molecule has 0 unspecified atom stereocenters. The van der Waals surface area contributed by atoms with Gasteiger partial charge in [0.2, 0.25) is 0 Å². The van der Waals surface area contributed by atoms with E-state index >= 15 is 0 Å². The number of para-hydroxylation sites is 4. The van der Waals surface area contributed by atoms with Gasteiger partial charge in [-0.2, -0.15) is 0 Å². The molecule has 9 rings (SSSR count). The third kappa shape index (κ3) is 2.19. The Morgan fingerprint density at radius 3 is 2.25 bits per heavy atom. The van der Waals surface area contributed by atoms with E-state index in [-0.39, 0.29) is 0 Å². The lowest BCUT2D eigenvalue weighted by molar-refractivity contribution is 0.669. The molecule has 5 aromatic carbocycles. The van der Waals surface area contributed by atoms with Gasteiger partial charge >= 0.3 is 0 Å². The molecule has 0 spiro atoms. The highest BCUT2D eigenvalue weighted by molar-refractivity contribution is 6.26. The molecule has 0 N–H and O–H groups in total. The van der Waals surface area contributed by atoms with Crippen molar-refractivity contribution in [3.05, 3.63) is 103 Å². The maximum atomic E-state index is 6.09. The number of rotatable bonds is 1. The Balaban J connectivity index is 1.46. The summed E-state index contributed by atoms with van der Waals surface area (Å²) in [6, 6.07) is 35.9. The zero-order valence-electron chi connectivity index (χ0n) is 19.1. The van der Waals surface area contributed by atoms with Gasteiger partial charge in [-0.15, -0.1) is 0 Å². The summed E-state index contributed by atoms with van der Waals surface area (Å²) in [6.07, 6.45) is 0. The van der Waals surface area contributed by atoms with Crippen LogP contribution in [0.1, 0.15) is 0 Å². The van der Waals surface area contributed by atoms with Crippen LogP contribution in [0.25, 0.3) is 82.5 Å².